The van der Waals surface area contributed by atoms with Gasteiger partial charge in [-0.15, -0.1) is 0 Å². The molecule has 0 saturated carbocycles. The summed E-state index contributed by atoms with van der Waals surface area (Å²) in [5, 5.41) is 9.23. The van der Waals surface area contributed by atoms with Crippen LogP contribution in [0.1, 0.15) is 25.1 Å². The molecule has 0 aliphatic heterocycles. The van der Waals surface area contributed by atoms with Crippen molar-refractivity contribution in [3.8, 4) is 0 Å². The topological polar surface area (TPSA) is 29.9 Å². The first kappa shape index (κ1) is 15.6. The fourth-order valence-corrected chi connectivity index (χ4v) is 3.51. The van der Waals surface area contributed by atoms with Gasteiger partial charge in [-0.25, -0.2) is 0 Å². The summed E-state index contributed by atoms with van der Waals surface area (Å²) in [7, 11) is 2.01. The Morgan fingerprint density at radius 1 is 1.35 bits per heavy atom. The smallest absolute Gasteiger partial charge is 0.103 e. The maximum absolute atomic E-state index is 4.56. The molecule has 1 N–H and O–H groups in total. The highest BCUT2D eigenvalue weighted by atomic mass is 79.9. The van der Waals surface area contributed by atoms with Crippen LogP contribution in [0.2, 0.25) is 0 Å². The van der Waals surface area contributed by atoms with E-state index in [1.165, 1.54) is 15.5 Å². The standard InChI is InChI=1S/C15H20BrN3S/c1-10(2)17-9-12-11(3)18-19(4)15(12)20-14-8-6-5-7-13(14)16/h5-8,10,17H,9H2,1-4H3. The lowest BCUT2D eigenvalue weighted by atomic mass is 10.2. The third kappa shape index (κ3) is 3.65. The summed E-state index contributed by atoms with van der Waals surface area (Å²) in [6.45, 7) is 7.24. The summed E-state index contributed by atoms with van der Waals surface area (Å²) in [4.78, 5) is 1.21. The van der Waals surface area contributed by atoms with E-state index in [4.69, 9.17) is 0 Å². The number of nitrogens with zero attached hydrogens (tertiary/aromatic N) is 2. The van der Waals surface area contributed by atoms with Crippen molar-refractivity contribution in [3.05, 3.63) is 40.0 Å². The first-order valence-electron chi connectivity index (χ1n) is 6.67. The van der Waals surface area contributed by atoms with Gasteiger partial charge < -0.3 is 5.32 Å². The molecule has 0 radical (unpaired) electrons. The quantitative estimate of drug-likeness (QED) is 0.875. The lowest BCUT2D eigenvalue weighted by molar-refractivity contribution is 0.580. The van der Waals surface area contributed by atoms with E-state index in [1.807, 2.05) is 17.8 Å². The molecule has 108 valence electrons. The maximum atomic E-state index is 4.56. The Morgan fingerprint density at radius 2 is 2.05 bits per heavy atom. The molecule has 20 heavy (non-hydrogen) atoms. The van der Waals surface area contributed by atoms with E-state index in [2.05, 4.69) is 65.3 Å². The van der Waals surface area contributed by atoms with Crippen molar-refractivity contribution in [2.75, 3.05) is 0 Å². The van der Waals surface area contributed by atoms with Crippen LogP contribution >= 0.6 is 27.7 Å². The predicted molar refractivity (Wildman–Crippen MR) is 88.2 cm³/mol. The van der Waals surface area contributed by atoms with Crippen LogP contribution in [0.15, 0.2) is 38.7 Å². The number of hydrogen-bond donors (Lipinski definition) is 1. The summed E-state index contributed by atoms with van der Waals surface area (Å²) in [6.07, 6.45) is 0. The summed E-state index contributed by atoms with van der Waals surface area (Å²) in [6, 6.07) is 8.75. The van der Waals surface area contributed by atoms with Gasteiger partial charge in [0.25, 0.3) is 0 Å². The second kappa shape index (κ2) is 6.78. The van der Waals surface area contributed by atoms with Crippen LogP contribution in [0.3, 0.4) is 0 Å². The molecule has 2 aromatic rings. The Bertz CT molecular complexity index is 593. The summed E-state index contributed by atoms with van der Waals surface area (Å²) in [5.41, 5.74) is 2.37. The molecule has 0 spiro atoms. The predicted octanol–water partition coefficient (Wildman–Crippen LogP) is 4.14. The van der Waals surface area contributed by atoms with Gasteiger partial charge in [0.15, 0.2) is 0 Å². The molecule has 0 unspecified atom stereocenters. The zero-order chi connectivity index (χ0) is 14.7. The van der Waals surface area contributed by atoms with E-state index < -0.39 is 0 Å². The van der Waals surface area contributed by atoms with Gasteiger partial charge in [0.1, 0.15) is 5.03 Å². The minimum atomic E-state index is 0.468. The van der Waals surface area contributed by atoms with Gasteiger partial charge >= 0.3 is 0 Å². The van der Waals surface area contributed by atoms with Crippen LogP contribution < -0.4 is 5.32 Å². The zero-order valence-electron chi connectivity index (χ0n) is 12.3. The fourth-order valence-electron chi connectivity index (χ4n) is 1.95. The Kier molecular flexibility index (Phi) is 5.29. The third-order valence-electron chi connectivity index (χ3n) is 3.02. The summed E-state index contributed by atoms with van der Waals surface area (Å²) >= 11 is 5.36. The van der Waals surface area contributed by atoms with Gasteiger partial charge in [0.2, 0.25) is 0 Å². The minimum Gasteiger partial charge on any atom is -0.310 e. The van der Waals surface area contributed by atoms with Gasteiger partial charge in [-0.2, -0.15) is 5.10 Å². The van der Waals surface area contributed by atoms with Crippen molar-refractivity contribution in [2.45, 2.75) is 43.3 Å². The van der Waals surface area contributed by atoms with Crippen LogP contribution in [-0.4, -0.2) is 15.8 Å². The number of benzene rings is 1. The number of aryl methyl sites for hydroxylation is 2. The number of halogens is 1. The first-order valence-corrected chi connectivity index (χ1v) is 8.28. The normalized spacial score (nSPS) is 11.3. The molecule has 0 saturated heterocycles. The van der Waals surface area contributed by atoms with Crippen molar-refractivity contribution in [2.24, 2.45) is 7.05 Å². The van der Waals surface area contributed by atoms with Crippen molar-refractivity contribution in [3.63, 3.8) is 0 Å². The van der Waals surface area contributed by atoms with Crippen LogP contribution in [0.5, 0.6) is 0 Å². The molecule has 0 aliphatic rings. The third-order valence-corrected chi connectivity index (χ3v) is 5.25. The van der Waals surface area contributed by atoms with Crippen molar-refractivity contribution in [1.29, 1.82) is 0 Å². The van der Waals surface area contributed by atoms with Crippen LogP contribution in [0, 0.1) is 6.92 Å². The maximum Gasteiger partial charge on any atom is 0.103 e. The zero-order valence-corrected chi connectivity index (χ0v) is 14.7. The minimum absolute atomic E-state index is 0.468. The van der Waals surface area contributed by atoms with E-state index >= 15 is 0 Å². The number of aromatic nitrogens is 2. The largest absolute Gasteiger partial charge is 0.310 e. The first-order chi connectivity index (χ1) is 9.49. The number of rotatable bonds is 5. The van der Waals surface area contributed by atoms with Gasteiger partial charge in [-0.1, -0.05) is 37.7 Å². The van der Waals surface area contributed by atoms with Crippen LogP contribution in [0.25, 0.3) is 0 Å². The van der Waals surface area contributed by atoms with Gasteiger partial charge in [0, 0.05) is 34.6 Å². The Hall–Kier alpha value is -0.780. The molecule has 0 atom stereocenters. The van der Waals surface area contributed by atoms with Gasteiger partial charge in [-0.3, -0.25) is 4.68 Å². The second-order valence-corrected chi connectivity index (χ2v) is 6.95. The highest BCUT2D eigenvalue weighted by Crippen LogP contribution is 2.35. The molecular weight excluding hydrogens is 334 g/mol. The monoisotopic (exact) mass is 353 g/mol. The molecule has 0 amide bonds. The van der Waals surface area contributed by atoms with Crippen molar-refractivity contribution in [1.82, 2.24) is 15.1 Å². The molecule has 1 aromatic carbocycles. The molecule has 5 heteroatoms. The van der Waals surface area contributed by atoms with Gasteiger partial charge in [0.05, 0.1) is 5.69 Å². The number of nitrogens with one attached hydrogen (secondary N) is 1. The van der Waals surface area contributed by atoms with E-state index in [0.29, 0.717) is 6.04 Å². The Morgan fingerprint density at radius 3 is 2.70 bits per heavy atom. The molecule has 3 nitrogen and oxygen atoms in total. The molecule has 0 fully saturated rings. The molecular formula is C15H20BrN3S. The summed E-state index contributed by atoms with van der Waals surface area (Å²) in [5.74, 6) is 0. The van der Waals surface area contributed by atoms with E-state index in [-0.39, 0.29) is 0 Å². The molecule has 1 heterocycles. The number of hydrogen-bond acceptors (Lipinski definition) is 3. The van der Waals surface area contributed by atoms with Gasteiger partial charge in [-0.05, 0) is 35.0 Å². The van der Waals surface area contributed by atoms with Crippen LogP contribution in [-0.2, 0) is 13.6 Å². The van der Waals surface area contributed by atoms with E-state index in [0.717, 1.165) is 16.7 Å². The van der Waals surface area contributed by atoms with E-state index in [9.17, 15) is 0 Å². The molecule has 2 rings (SSSR count). The lowest BCUT2D eigenvalue weighted by Gasteiger charge is -2.11. The molecule has 1 aromatic heterocycles. The Labute approximate surface area is 133 Å². The van der Waals surface area contributed by atoms with Crippen LogP contribution in [0.4, 0.5) is 0 Å². The van der Waals surface area contributed by atoms with E-state index in [1.54, 1.807) is 11.8 Å². The Balaban J connectivity index is 2.29. The lowest BCUT2D eigenvalue weighted by Crippen LogP contribution is -2.22. The van der Waals surface area contributed by atoms with Crippen molar-refractivity contribution < 1.29 is 0 Å². The molecule has 0 bridgehead atoms. The highest BCUT2D eigenvalue weighted by molar-refractivity contribution is 9.10. The summed E-state index contributed by atoms with van der Waals surface area (Å²) < 4.78 is 3.09. The second-order valence-electron chi connectivity index (χ2n) is 5.06. The average molecular weight is 354 g/mol. The highest BCUT2D eigenvalue weighted by Gasteiger charge is 2.15. The fraction of sp³-hybridized carbons (Fsp3) is 0.400. The van der Waals surface area contributed by atoms with Crippen molar-refractivity contribution >= 4 is 27.7 Å². The average Bonchev–Trinajstić information content (AvgIpc) is 2.64. The molecule has 0 aliphatic carbocycles. The SMILES string of the molecule is Cc1nn(C)c(Sc2ccccc2Br)c1CNC(C)C.